The first-order chi connectivity index (χ1) is 12.8. The van der Waals surface area contributed by atoms with Gasteiger partial charge in [0.2, 0.25) is 0 Å². The number of urea groups is 1. The van der Waals surface area contributed by atoms with Crippen molar-refractivity contribution in [3.63, 3.8) is 0 Å². The Morgan fingerprint density at radius 3 is 2.77 bits per heavy atom. The molecule has 3 heterocycles. The number of hydrogen-bond donors (Lipinski definition) is 0. The highest BCUT2D eigenvalue weighted by Crippen LogP contribution is 2.29. The van der Waals surface area contributed by atoms with Gasteiger partial charge in [-0.25, -0.2) is 9.78 Å². The highest BCUT2D eigenvalue weighted by molar-refractivity contribution is 5.75. The van der Waals surface area contributed by atoms with Gasteiger partial charge in [0.15, 0.2) is 0 Å². The van der Waals surface area contributed by atoms with E-state index in [2.05, 4.69) is 33.8 Å². The molecular weight excluding hydrogens is 324 g/mol. The van der Waals surface area contributed by atoms with Gasteiger partial charge in [-0.1, -0.05) is 24.3 Å². The number of benzene rings is 1. The van der Waals surface area contributed by atoms with Crippen LogP contribution in [0, 0.1) is 0 Å². The van der Waals surface area contributed by atoms with Crippen LogP contribution in [0.4, 0.5) is 4.79 Å². The van der Waals surface area contributed by atoms with E-state index in [0.29, 0.717) is 6.04 Å². The topological polar surface area (TPSA) is 41.4 Å². The normalized spacial score (nSPS) is 22.2. The second-order valence-corrected chi connectivity index (χ2v) is 7.86. The molecule has 1 aromatic heterocycles. The largest absolute Gasteiger partial charge is 0.329 e. The third-order valence-corrected chi connectivity index (χ3v) is 6.29. The van der Waals surface area contributed by atoms with Crippen molar-refractivity contribution in [1.29, 1.82) is 0 Å². The summed E-state index contributed by atoms with van der Waals surface area (Å²) in [5.41, 5.74) is 5.39. The van der Waals surface area contributed by atoms with Crippen LogP contribution in [0.3, 0.4) is 0 Å². The molecule has 5 heteroatoms. The Hall–Kier alpha value is -2.30. The maximum Gasteiger partial charge on any atom is 0.320 e. The number of rotatable bonds is 1. The summed E-state index contributed by atoms with van der Waals surface area (Å²) in [6, 6.07) is 9.10. The van der Waals surface area contributed by atoms with Crippen LogP contribution >= 0.6 is 0 Å². The zero-order chi connectivity index (χ0) is 17.5. The number of nitrogens with zero attached hydrogens (tertiary/aromatic N) is 4. The molecule has 2 amide bonds. The first kappa shape index (κ1) is 15.9. The molecule has 0 N–H and O–H groups in total. The highest BCUT2D eigenvalue weighted by Gasteiger charge is 2.33. The van der Waals surface area contributed by atoms with Crippen molar-refractivity contribution >= 4 is 6.03 Å². The minimum atomic E-state index is 0.205. The van der Waals surface area contributed by atoms with Gasteiger partial charge in [0.05, 0.1) is 18.1 Å². The lowest BCUT2D eigenvalue weighted by Crippen LogP contribution is -2.44. The van der Waals surface area contributed by atoms with Crippen molar-refractivity contribution < 1.29 is 4.79 Å². The summed E-state index contributed by atoms with van der Waals surface area (Å²) in [6.45, 7) is 3.25. The van der Waals surface area contributed by atoms with Crippen LogP contribution in [0.2, 0.25) is 0 Å². The Morgan fingerprint density at radius 2 is 1.85 bits per heavy atom. The zero-order valence-electron chi connectivity index (χ0n) is 15.2. The van der Waals surface area contributed by atoms with Gasteiger partial charge in [0.1, 0.15) is 0 Å². The van der Waals surface area contributed by atoms with Gasteiger partial charge < -0.3 is 14.4 Å². The van der Waals surface area contributed by atoms with E-state index in [4.69, 9.17) is 0 Å². The predicted octanol–water partition coefficient (Wildman–Crippen LogP) is 3.19. The number of carbonyl (C=O) groups is 1. The number of hydrogen-bond acceptors (Lipinski definition) is 2. The molecule has 1 fully saturated rings. The van der Waals surface area contributed by atoms with Crippen LogP contribution in [0.5, 0.6) is 0 Å². The summed E-state index contributed by atoms with van der Waals surface area (Å²) in [7, 11) is 0. The maximum absolute atomic E-state index is 13.0. The third kappa shape index (κ3) is 2.70. The van der Waals surface area contributed by atoms with Gasteiger partial charge in [0, 0.05) is 31.9 Å². The lowest BCUT2D eigenvalue weighted by Gasteiger charge is -2.32. The molecule has 26 heavy (non-hydrogen) atoms. The lowest BCUT2D eigenvalue weighted by atomic mass is 10.0. The zero-order valence-corrected chi connectivity index (χ0v) is 15.2. The standard InChI is InChI=1S/C21H26N4O/c26-21(23-11-9-16-5-1-2-6-17(16)13-23)24-12-10-18(14-24)25-15-22-19-7-3-4-8-20(19)25/h1-2,5-6,15,18H,3-4,7-14H2. The molecule has 3 aliphatic rings. The fourth-order valence-corrected chi connectivity index (χ4v) is 4.81. The Bertz CT molecular complexity index is 827. The predicted molar refractivity (Wildman–Crippen MR) is 100 cm³/mol. The average Bonchev–Trinajstić information content (AvgIpc) is 3.34. The molecule has 0 bridgehead atoms. The molecule has 2 aromatic rings. The minimum Gasteiger partial charge on any atom is -0.329 e. The van der Waals surface area contributed by atoms with Gasteiger partial charge in [-0.15, -0.1) is 0 Å². The van der Waals surface area contributed by atoms with Crippen LogP contribution in [0.15, 0.2) is 30.6 Å². The molecule has 0 spiro atoms. The summed E-state index contributed by atoms with van der Waals surface area (Å²) < 4.78 is 2.37. The van der Waals surface area contributed by atoms with E-state index < -0.39 is 0 Å². The van der Waals surface area contributed by atoms with E-state index in [-0.39, 0.29) is 6.03 Å². The van der Waals surface area contributed by atoms with E-state index in [1.807, 2.05) is 16.1 Å². The van der Waals surface area contributed by atoms with Gasteiger partial charge in [-0.3, -0.25) is 0 Å². The summed E-state index contributed by atoms with van der Waals surface area (Å²) >= 11 is 0. The van der Waals surface area contributed by atoms with Crippen molar-refractivity contribution in [2.45, 2.75) is 51.1 Å². The van der Waals surface area contributed by atoms with Crippen LogP contribution in [-0.4, -0.2) is 45.0 Å². The number of amides is 2. The number of aryl methyl sites for hydroxylation is 1. The summed E-state index contributed by atoms with van der Waals surface area (Å²) in [5, 5.41) is 0. The lowest BCUT2D eigenvalue weighted by molar-refractivity contribution is 0.155. The molecule has 1 aromatic carbocycles. The second-order valence-electron chi connectivity index (χ2n) is 7.86. The summed E-state index contributed by atoms with van der Waals surface area (Å²) in [5.74, 6) is 0. The van der Waals surface area contributed by atoms with Crippen LogP contribution in [-0.2, 0) is 25.8 Å². The number of imidazole rings is 1. The van der Waals surface area contributed by atoms with Gasteiger partial charge in [0.25, 0.3) is 0 Å². The fraction of sp³-hybridized carbons (Fsp3) is 0.524. The summed E-state index contributed by atoms with van der Waals surface area (Å²) in [4.78, 5) is 21.7. The molecule has 1 saturated heterocycles. The Labute approximate surface area is 154 Å². The number of aromatic nitrogens is 2. The van der Waals surface area contributed by atoms with E-state index >= 15 is 0 Å². The number of fused-ring (bicyclic) bond motifs is 2. The number of likely N-dealkylation sites (tertiary alicyclic amines) is 1. The molecule has 0 saturated carbocycles. The fourth-order valence-electron chi connectivity index (χ4n) is 4.81. The summed E-state index contributed by atoms with van der Waals surface area (Å²) in [6.07, 6.45) is 8.81. The van der Waals surface area contributed by atoms with Crippen molar-refractivity contribution in [3.05, 3.63) is 53.1 Å². The molecule has 1 atom stereocenters. The molecule has 2 aliphatic heterocycles. The Balaban J connectivity index is 1.28. The van der Waals surface area contributed by atoms with Gasteiger partial charge in [-0.2, -0.15) is 0 Å². The van der Waals surface area contributed by atoms with E-state index in [0.717, 1.165) is 51.9 Å². The van der Waals surface area contributed by atoms with Crippen LogP contribution < -0.4 is 0 Å². The van der Waals surface area contributed by atoms with Crippen LogP contribution in [0.25, 0.3) is 0 Å². The smallest absolute Gasteiger partial charge is 0.320 e. The second kappa shape index (κ2) is 6.45. The first-order valence-corrected chi connectivity index (χ1v) is 9.95. The van der Waals surface area contributed by atoms with Gasteiger partial charge >= 0.3 is 6.03 Å². The molecule has 1 aliphatic carbocycles. The molecule has 5 rings (SSSR count). The molecule has 5 nitrogen and oxygen atoms in total. The van der Waals surface area contributed by atoms with E-state index in [1.165, 1.54) is 35.4 Å². The molecular formula is C21H26N4O. The third-order valence-electron chi connectivity index (χ3n) is 6.29. The van der Waals surface area contributed by atoms with Crippen LogP contribution in [0.1, 0.15) is 47.8 Å². The van der Waals surface area contributed by atoms with E-state index in [9.17, 15) is 4.79 Å². The molecule has 1 unspecified atom stereocenters. The SMILES string of the molecule is O=C(N1CCc2ccccc2C1)N1CCC(n2cnc3c2CCCC3)C1. The monoisotopic (exact) mass is 350 g/mol. The molecule has 136 valence electrons. The van der Waals surface area contributed by atoms with Crippen molar-refractivity contribution in [1.82, 2.24) is 19.4 Å². The average molecular weight is 350 g/mol. The highest BCUT2D eigenvalue weighted by atomic mass is 16.2. The maximum atomic E-state index is 13.0. The minimum absolute atomic E-state index is 0.205. The van der Waals surface area contributed by atoms with Crippen molar-refractivity contribution in [3.8, 4) is 0 Å². The molecule has 0 radical (unpaired) electrons. The van der Waals surface area contributed by atoms with Crippen molar-refractivity contribution in [2.75, 3.05) is 19.6 Å². The van der Waals surface area contributed by atoms with Crippen molar-refractivity contribution in [2.24, 2.45) is 0 Å². The van der Waals surface area contributed by atoms with E-state index in [1.54, 1.807) is 0 Å². The van der Waals surface area contributed by atoms with Gasteiger partial charge in [-0.05, 0) is 49.7 Å². The first-order valence-electron chi connectivity index (χ1n) is 9.95. The Morgan fingerprint density at radius 1 is 1.00 bits per heavy atom. The quantitative estimate of drug-likeness (QED) is 0.793. The Kier molecular flexibility index (Phi) is 3.95. The number of carbonyl (C=O) groups excluding carboxylic acids is 1.